The van der Waals surface area contributed by atoms with Gasteiger partial charge in [-0.3, -0.25) is 10.1 Å². The number of nitrogens with zero attached hydrogens (tertiary/aromatic N) is 7. The Morgan fingerprint density at radius 3 is 2.49 bits per heavy atom. The summed E-state index contributed by atoms with van der Waals surface area (Å²) in [6, 6.07) is 19.8. The number of aryl methyl sites for hydroxylation is 2. The number of anilines is 3. The topological polar surface area (TPSA) is 119 Å². The SMILES string of the molecule is [2H]C1C=CN(c2ccc3c(c2)c(C)cn3C2CCN(CC3(F)CCN(C(=O)c4ccc(C5CN(c6cc(-c7ccccc7O)nnc6N)CCC5(F)F)c(C)c4)CC3)CC2)[C@H]([2H])N1. The summed E-state index contributed by atoms with van der Waals surface area (Å²) in [6.07, 6.45) is 7.54. The van der Waals surface area contributed by atoms with Gasteiger partial charge in [-0.1, -0.05) is 24.3 Å². The van der Waals surface area contributed by atoms with E-state index in [2.05, 4.69) is 50.2 Å². The minimum atomic E-state index is -3.01. The maximum Gasteiger partial charge on any atom is 0.258 e. The van der Waals surface area contributed by atoms with Crippen LogP contribution in [-0.2, 0) is 0 Å². The molecule has 3 saturated heterocycles. The van der Waals surface area contributed by atoms with Gasteiger partial charge in [0, 0.05) is 119 Å². The lowest BCUT2D eigenvalue weighted by atomic mass is 9.84. The third-order valence-corrected chi connectivity index (χ3v) is 13.2. The van der Waals surface area contributed by atoms with Gasteiger partial charge in [0.1, 0.15) is 11.4 Å². The Balaban J connectivity index is 0.802. The van der Waals surface area contributed by atoms with Crippen LogP contribution in [0, 0.1) is 13.8 Å². The number of amides is 1. The first-order valence-electron chi connectivity index (χ1n) is 22.4. The van der Waals surface area contributed by atoms with Crippen molar-refractivity contribution in [3.8, 4) is 17.0 Å². The van der Waals surface area contributed by atoms with Crippen molar-refractivity contribution in [2.45, 2.75) is 69.5 Å². The summed E-state index contributed by atoms with van der Waals surface area (Å²) in [5.74, 6) is -4.31. The fraction of sp³-hybridized carbons (Fsp3) is 0.426. The lowest BCUT2D eigenvalue weighted by Gasteiger charge is -2.41. The minimum absolute atomic E-state index is 0.0183. The number of nitrogens with one attached hydrogen (secondary N) is 1. The maximum absolute atomic E-state index is 16.4. The number of carbonyl (C=O) groups excluding carboxylic acids is 1. The maximum atomic E-state index is 16.4. The summed E-state index contributed by atoms with van der Waals surface area (Å²) in [7, 11) is 0. The second kappa shape index (κ2) is 16.4. The van der Waals surface area contributed by atoms with Crippen molar-refractivity contribution in [2.24, 2.45) is 0 Å². The lowest BCUT2D eigenvalue weighted by Crippen LogP contribution is -2.51. The van der Waals surface area contributed by atoms with Gasteiger partial charge in [-0.15, -0.1) is 10.2 Å². The van der Waals surface area contributed by atoms with Crippen LogP contribution in [0.25, 0.3) is 22.2 Å². The van der Waals surface area contributed by atoms with Crippen molar-refractivity contribution in [3.63, 3.8) is 0 Å². The summed E-state index contributed by atoms with van der Waals surface area (Å²) >= 11 is 0. The quantitative estimate of drug-likeness (QED) is 0.144. The molecule has 61 heavy (non-hydrogen) atoms. The normalized spacial score (nSPS) is 23.9. The van der Waals surface area contributed by atoms with Gasteiger partial charge in [0.25, 0.3) is 11.8 Å². The first kappa shape index (κ1) is 38.3. The van der Waals surface area contributed by atoms with Crippen molar-refractivity contribution in [1.29, 1.82) is 0 Å². The van der Waals surface area contributed by atoms with Crippen LogP contribution in [0.5, 0.6) is 5.75 Å². The standard InChI is InChI=1S/C47H54F3N9O2/c1-31-24-33(8-10-36(31)39-28-57(23-16-47(39,49)50)42-26-40(53-54-44(42)51)37-6-3-4-7-43(37)60)45(61)56-21-14-46(48,15-22-56)29-55-19-12-34(13-20-55)59-27-32(2)38-25-35(9-11-41(38)59)58-18-5-17-52-30-58/h3-11,18,24-27,34,39,52,60H,12-17,19-23,28-30H2,1-2H3,(H2,51,54)/i17D,30D/t17?,30-,39?/m1/s1. The monoisotopic (exact) mass is 835 g/mol. The summed E-state index contributed by atoms with van der Waals surface area (Å²) in [5.41, 5.74) is 10.7. The van der Waals surface area contributed by atoms with E-state index in [9.17, 15) is 9.90 Å². The highest BCUT2D eigenvalue weighted by Crippen LogP contribution is 2.44. The van der Waals surface area contributed by atoms with Crippen LogP contribution in [-0.4, -0.2) is 106 Å². The van der Waals surface area contributed by atoms with Crippen molar-refractivity contribution in [2.75, 3.05) is 74.5 Å². The number of hydrogen-bond donors (Lipinski definition) is 3. The molecule has 3 aromatic carbocycles. The second-order valence-electron chi connectivity index (χ2n) is 17.2. The molecule has 3 atom stereocenters. The highest BCUT2D eigenvalue weighted by atomic mass is 19.3. The van der Waals surface area contributed by atoms with Crippen LogP contribution in [0.4, 0.5) is 30.4 Å². The Morgan fingerprint density at radius 1 is 0.951 bits per heavy atom. The summed E-state index contributed by atoms with van der Waals surface area (Å²) < 4.78 is 66.4. The van der Waals surface area contributed by atoms with Gasteiger partial charge in [-0.25, -0.2) is 13.2 Å². The van der Waals surface area contributed by atoms with Gasteiger partial charge in [0.05, 0.1) is 25.3 Å². The minimum Gasteiger partial charge on any atom is -0.507 e. The largest absolute Gasteiger partial charge is 0.507 e. The fourth-order valence-corrected chi connectivity index (χ4v) is 9.72. The second-order valence-corrected chi connectivity index (χ2v) is 17.2. The number of benzene rings is 3. The highest BCUT2D eigenvalue weighted by molar-refractivity contribution is 5.94. The molecule has 0 radical (unpaired) electrons. The average molecular weight is 836 g/mol. The molecule has 0 saturated carbocycles. The molecule has 4 N–H and O–H groups in total. The number of hydrogen-bond acceptors (Lipinski definition) is 9. The molecule has 320 valence electrons. The third-order valence-electron chi connectivity index (χ3n) is 13.2. The Bertz CT molecular complexity index is 2540. The summed E-state index contributed by atoms with van der Waals surface area (Å²) in [4.78, 5) is 21.3. The van der Waals surface area contributed by atoms with E-state index in [1.54, 1.807) is 71.5 Å². The van der Waals surface area contributed by atoms with Crippen molar-refractivity contribution < 1.29 is 25.8 Å². The predicted molar refractivity (Wildman–Crippen MR) is 234 cm³/mol. The number of phenols is 1. The average Bonchev–Trinajstić information content (AvgIpc) is 3.59. The number of carbonyl (C=O) groups is 1. The van der Waals surface area contributed by atoms with E-state index in [1.165, 1.54) is 6.07 Å². The smallest absolute Gasteiger partial charge is 0.258 e. The molecule has 11 nitrogen and oxygen atoms in total. The zero-order valence-electron chi connectivity index (χ0n) is 36.6. The number of aromatic hydroxyl groups is 1. The van der Waals surface area contributed by atoms with Crippen molar-refractivity contribution >= 4 is 34.0 Å². The summed E-state index contributed by atoms with van der Waals surface area (Å²) in [6.45, 7) is 4.93. The van der Waals surface area contributed by atoms with Crippen LogP contribution in [0.1, 0.15) is 73.9 Å². The molecule has 0 aliphatic carbocycles. The van der Waals surface area contributed by atoms with Gasteiger partial charge in [-0.2, -0.15) is 0 Å². The Labute approximate surface area is 357 Å². The molecular formula is C47H54F3N9O2. The Kier molecular flexibility index (Phi) is 10.3. The lowest BCUT2D eigenvalue weighted by molar-refractivity contribution is -0.0425. The van der Waals surface area contributed by atoms with E-state index in [0.29, 0.717) is 40.2 Å². The molecule has 0 spiro atoms. The number of halogens is 3. The highest BCUT2D eigenvalue weighted by Gasteiger charge is 2.46. The van der Waals surface area contributed by atoms with E-state index >= 15 is 13.2 Å². The molecule has 4 aliphatic heterocycles. The van der Waals surface area contributed by atoms with E-state index in [-0.39, 0.29) is 62.5 Å². The molecule has 5 aromatic rings. The molecule has 3 fully saturated rings. The van der Waals surface area contributed by atoms with Gasteiger partial charge in [0.2, 0.25) is 0 Å². The summed E-state index contributed by atoms with van der Waals surface area (Å²) in [5, 5.41) is 22.6. The molecule has 14 heteroatoms. The van der Waals surface area contributed by atoms with E-state index in [0.717, 1.165) is 48.1 Å². The number of phenolic OH excluding ortho intramolecular Hbond substituents is 1. The van der Waals surface area contributed by atoms with Gasteiger partial charge in [0.15, 0.2) is 5.82 Å². The molecule has 6 heterocycles. The molecule has 2 unspecified atom stereocenters. The zero-order valence-corrected chi connectivity index (χ0v) is 34.6. The number of rotatable bonds is 8. The number of nitrogen functional groups attached to an aromatic ring is 1. The fourth-order valence-electron chi connectivity index (χ4n) is 9.72. The first-order valence-corrected chi connectivity index (χ1v) is 21.2. The number of piperidine rings is 3. The number of likely N-dealkylation sites (tertiary alicyclic amines) is 2. The zero-order chi connectivity index (χ0) is 44.2. The van der Waals surface area contributed by atoms with Gasteiger partial charge >= 0.3 is 0 Å². The van der Waals surface area contributed by atoms with Gasteiger partial charge < -0.3 is 35.0 Å². The Hall–Kier alpha value is -5.60. The molecule has 2 aromatic heterocycles. The first-order chi connectivity index (χ1) is 30.2. The number of aromatic nitrogens is 3. The van der Waals surface area contributed by atoms with Crippen LogP contribution >= 0.6 is 0 Å². The van der Waals surface area contributed by atoms with Crippen LogP contribution in [0.15, 0.2) is 85.2 Å². The molecule has 1 amide bonds. The Morgan fingerprint density at radius 2 is 1.74 bits per heavy atom. The molecule has 9 rings (SSSR count). The molecule has 4 aliphatic rings. The number of fused-ring (bicyclic) bond motifs is 1. The number of nitrogens with two attached hydrogens (primary N) is 1. The number of alkyl halides is 3. The van der Waals surface area contributed by atoms with Crippen molar-refractivity contribution in [1.82, 2.24) is 29.9 Å². The third kappa shape index (κ3) is 8.15. The molecule has 0 bridgehead atoms. The van der Waals surface area contributed by atoms with E-state index < -0.39 is 37.1 Å². The van der Waals surface area contributed by atoms with Crippen LogP contribution in [0.2, 0.25) is 0 Å². The van der Waals surface area contributed by atoms with Crippen LogP contribution < -0.4 is 20.9 Å². The predicted octanol–water partition coefficient (Wildman–Crippen LogP) is 7.79. The molecular weight excluding hydrogens is 780 g/mol. The van der Waals surface area contributed by atoms with Crippen molar-refractivity contribution in [3.05, 3.63) is 107 Å². The van der Waals surface area contributed by atoms with Gasteiger partial charge in [-0.05, 0) is 91.9 Å². The number of para-hydroxylation sites is 1. The van der Waals surface area contributed by atoms with E-state index in [1.807, 2.05) is 11.0 Å². The van der Waals surface area contributed by atoms with Crippen LogP contribution in [0.3, 0.4) is 0 Å². The van der Waals surface area contributed by atoms with E-state index in [4.69, 9.17) is 8.48 Å².